The number of allylic oxidation sites excluding steroid dienone is 13. The van der Waals surface area contributed by atoms with E-state index in [0.717, 1.165) is 70.6 Å². The van der Waals surface area contributed by atoms with Gasteiger partial charge in [-0.05, 0) is 70.6 Å². The highest BCUT2D eigenvalue weighted by atomic mass is 16.7. The molecule has 0 spiro atoms. The minimum atomic E-state index is -1.58. The Labute approximate surface area is 391 Å². The van der Waals surface area contributed by atoms with E-state index in [4.69, 9.17) is 9.47 Å². The number of carbonyl (C=O) groups is 1. The van der Waals surface area contributed by atoms with Crippen molar-refractivity contribution in [3.8, 4) is 0 Å². The molecule has 1 amide bonds. The minimum absolute atomic E-state index is 0.211. The second-order valence-corrected chi connectivity index (χ2v) is 17.6. The summed E-state index contributed by atoms with van der Waals surface area (Å²) in [4.78, 5) is 13.0. The third-order valence-corrected chi connectivity index (χ3v) is 11.7. The first-order chi connectivity index (χ1) is 31.3. The second kappa shape index (κ2) is 44.2. The van der Waals surface area contributed by atoms with Crippen LogP contribution in [-0.4, -0.2) is 87.5 Å². The Kier molecular flexibility index (Phi) is 41.0. The molecule has 0 aromatic heterocycles. The quantitative estimate of drug-likeness (QED) is 0.0262. The SMILES string of the molecule is CC/C=C\C/C=C\C/C=C\C/C=C\C/C=C\C/C=C\CCCCC(=O)NC(COC1OC(CO)C(O)C(O)C1O)C(O)/C=C/CCCCCCCCCCCCCCCCCCCC. The number of rotatable bonds is 42. The van der Waals surface area contributed by atoms with Crippen LogP contribution in [0.15, 0.2) is 85.1 Å². The molecule has 0 aromatic rings. The lowest BCUT2D eigenvalue weighted by Gasteiger charge is -2.40. The lowest BCUT2D eigenvalue weighted by molar-refractivity contribution is -0.302. The van der Waals surface area contributed by atoms with Gasteiger partial charge in [-0.1, -0.05) is 208 Å². The van der Waals surface area contributed by atoms with E-state index in [9.17, 15) is 30.3 Å². The lowest BCUT2D eigenvalue weighted by atomic mass is 9.99. The van der Waals surface area contributed by atoms with Crippen molar-refractivity contribution in [2.24, 2.45) is 0 Å². The van der Waals surface area contributed by atoms with Gasteiger partial charge in [0.25, 0.3) is 0 Å². The third kappa shape index (κ3) is 33.8. The van der Waals surface area contributed by atoms with Gasteiger partial charge in [-0.15, -0.1) is 0 Å². The number of unbranched alkanes of at least 4 members (excludes halogenated alkanes) is 20. The van der Waals surface area contributed by atoms with Gasteiger partial charge < -0.3 is 40.3 Å². The van der Waals surface area contributed by atoms with Crippen LogP contribution in [0.25, 0.3) is 0 Å². The van der Waals surface area contributed by atoms with Crippen LogP contribution >= 0.6 is 0 Å². The van der Waals surface area contributed by atoms with E-state index in [1.54, 1.807) is 6.08 Å². The van der Waals surface area contributed by atoms with E-state index >= 15 is 0 Å². The van der Waals surface area contributed by atoms with E-state index in [1.165, 1.54) is 103 Å². The average Bonchev–Trinajstić information content (AvgIpc) is 3.29. The van der Waals surface area contributed by atoms with Crippen molar-refractivity contribution in [3.63, 3.8) is 0 Å². The molecule has 1 heterocycles. The molecule has 1 fully saturated rings. The molecule has 64 heavy (non-hydrogen) atoms. The summed E-state index contributed by atoms with van der Waals surface area (Å²) in [6.45, 7) is 3.64. The van der Waals surface area contributed by atoms with Crippen molar-refractivity contribution < 1.29 is 39.8 Å². The van der Waals surface area contributed by atoms with E-state index in [0.29, 0.717) is 6.42 Å². The van der Waals surface area contributed by atoms with Gasteiger partial charge >= 0.3 is 0 Å². The standard InChI is InChI=1S/C55H95NO8/c1-3-5-7-9-11-13-15-17-19-21-23-25-27-29-31-33-35-37-39-41-43-45-51(59)56-48(47-63-55-54(62)53(61)52(60)50(46-57)64-55)49(58)44-42-40-38-36-34-32-30-28-26-24-22-20-18-16-14-12-10-8-6-4-2/h5,7,11,13,17,19,23,25,29,31,35,37,42,44,48-50,52-55,57-58,60-62H,3-4,6,8-10,12,14-16,18,20-22,24,26-28,30,32-34,36,38-41,43,45-47H2,1-2H3,(H,56,59)/b7-5-,13-11-,19-17-,25-23-,31-29-,37-35-,44-42+. The molecule has 0 aromatic carbocycles. The Morgan fingerprint density at radius 1 is 0.547 bits per heavy atom. The lowest BCUT2D eigenvalue weighted by Crippen LogP contribution is -2.60. The van der Waals surface area contributed by atoms with Gasteiger partial charge in [-0.3, -0.25) is 4.79 Å². The molecular formula is C55H95NO8. The summed E-state index contributed by atoms with van der Waals surface area (Å²) < 4.78 is 11.2. The first kappa shape index (κ1) is 59.4. The van der Waals surface area contributed by atoms with Crippen molar-refractivity contribution in [2.75, 3.05) is 13.2 Å². The van der Waals surface area contributed by atoms with Crippen molar-refractivity contribution in [1.82, 2.24) is 5.32 Å². The third-order valence-electron chi connectivity index (χ3n) is 11.7. The Balaban J connectivity index is 2.35. The second-order valence-electron chi connectivity index (χ2n) is 17.6. The van der Waals surface area contributed by atoms with Gasteiger partial charge in [-0.25, -0.2) is 0 Å². The van der Waals surface area contributed by atoms with Crippen LogP contribution in [-0.2, 0) is 14.3 Å². The molecule has 1 rings (SSSR count). The number of hydrogen-bond donors (Lipinski definition) is 6. The number of aliphatic hydroxyl groups is 5. The molecule has 0 saturated carbocycles. The Hall–Kier alpha value is -2.63. The molecule has 368 valence electrons. The van der Waals surface area contributed by atoms with Crippen molar-refractivity contribution >= 4 is 5.91 Å². The van der Waals surface area contributed by atoms with Crippen LogP contribution in [0.4, 0.5) is 0 Å². The molecule has 1 aliphatic heterocycles. The summed E-state index contributed by atoms with van der Waals surface area (Å²) >= 11 is 0. The van der Waals surface area contributed by atoms with Crippen LogP contribution < -0.4 is 5.32 Å². The van der Waals surface area contributed by atoms with Crippen molar-refractivity contribution in [2.45, 2.75) is 243 Å². The zero-order valence-corrected chi connectivity index (χ0v) is 40.5. The normalized spacial score (nSPS) is 20.8. The number of carbonyl (C=O) groups excluding carboxylic acids is 1. The Bertz CT molecular complexity index is 1270. The number of nitrogens with one attached hydrogen (secondary N) is 1. The van der Waals surface area contributed by atoms with Gasteiger partial charge in [0.05, 0.1) is 25.4 Å². The number of hydrogen-bond acceptors (Lipinski definition) is 8. The fourth-order valence-electron chi connectivity index (χ4n) is 7.63. The highest BCUT2D eigenvalue weighted by Crippen LogP contribution is 2.23. The van der Waals surface area contributed by atoms with E-state index in [-0.39, 0.29) is 18.9 Å². The molecule has 0 bridgehead atoms. The summed E-state index contributed by atoms with van der Waals surface area (Å²) in [6.07, 6.45) is 54.9. The zero-order valence-electron chi connectivity index (χ0n) is 40.5. The minimum Gasteiger partial charge on any atom is -0.394 e. The van der Waals surface area contributed by atoms with Crippen LogP contribution in [0.2, 0.25) is 0 Å². The zero-order chi connectivity index (χ0) is 46.6. The predicted molar refractivity (Wildman–Crippen MR) is 267 cm³/mol. The summed E-state index contributed by atoms with van der Waals surface area (Å²) in [5.74, 6) is -0.221. The van der Waals surface area contributed by atoms with Crippen LogP contribution in [0.3, 0.4) is 0 Å². The van der Waals surface area contributed by atoms with Crippen LogP contribution in [0.1, 0.15) is 200 Å². The van der Waals surface area contributed by atoms with Crippen molar-refractivity contribution in [3.05, 3.63) is 85.1 Å². The Morgan fingerprint density at radius 3 is 1.44 bits per heavy atom. The smallest absolute Gasteiger partial charge is 0.220 e. The van der Waals surface area contributed by atoms with E-state index < -0.39 is 49.5 Å². The number of aliphatic hydroxyl groups excluding tert-OH is 5. The molecule has 9 heteroatoms. The number of ether oxygens (including phenoxy) is 2. The molecule has 0 aliphatic carbocycles. The Morgan fingerprint density at radius 2 is 0.969 bits per heavy atom. The maximum absolute atomic E-state index is 13.0. The molecular weight excluding hydrogens is 803 g/mol. The van der Waals surface area contributed by atoms with E-state index in [2.05, 4.69) is 92.1 Å². The maximum atomic E-state index is 13.0. The first-order valence-electron chi connectivity index (χ1n) is 25.8. The summed E-state index contributed by atoms with van der Waals surface area (Å²) in [5.41, 5.74) is 0. The highest BCUT2D eigenvalue weighted by Gasteiger charge is 2.44. The maximum Gasteiger partial charge on any atom is 0.220 e. The van der Waals surface area contributed by atoms with Gasteiger partial charge in [0.1, 0.15) is 24.4 Å². The van der Waals surface area contributed by atoms with Gasteiger partial charge in [0.15, 0.2) is 6.29 Å². The molecule has 1 aliphatic rings. The van der Waals surface area contributed by atoms with Gasteiger partial charge in [0, 0.05) is 6.42 Å². The van der Waals surface area contributed by atoms with Crippen molar-refractivity contribution in [1.29, 1.82) is 0 Å². The summed E-state index contributed by atoms with van der Waals surface area (Å²) in [7, 11) is 0. The largest absolute Gasteiger partial charge is 0.394 e. The highest BCUT2D eigenvalue weighted by molar-refractivity contribution is 5.76. The average molecular weight is 898 g/mol. The predicted octanol–water partition coefficient (Wildman–Crippen LogP) is 11.9. The summed E-state index contributed by atoms with van der Waals surface area (Å²) in [5, 5.41) is 54.3. The fraction of sp³-hybridized carbons (Fsp3) is 0.727. The van der Waals surface area contributed by atoms with Crippen LogP contribution in [0.5, 0.6) is 0 Å². The number of amides is 1. The summed E-state index contributed by atoms with van der Waals surface area (Å²) in [6, 6.07) is -0.834. The monoisotopic (exact) mass is 898 g/mol. The first-order valence-corrected chi connectivity index (χ1v) is 25.8. The topological polar surface area (TPSA) is 149 Å². The molecule has 7 atom stereocenters. The van der Waals surface area contributed by atoms with Crippen LogP contribution in [0, 0.1) is 0 Å². The molecule has 7 unspecified atom stereocenters. The van der Waals surface area contributed by atoms with E-state index in [1.807, 2.05) is 6.08 Å². The molecule has 0 radical (unpaired) electrons. The van der Waals surface area contributed by atoms with Gasteiger partial charge in [0.2, 0.25) is 5.91 Å². The molecule has 1 saturated heterocycles. The fourth-order valence-corrected chi connectivity index (χ4v) is 7.63. The molecule has 6 N–H and O–H groups in total. The molecule has 9 nitrogen and oxygen atoms in total. The van der Waals surface area contributed by atoms with Gasteiger partial charge in [-0.2, -0.15) is 0 Å².